The third-order valence-electron chi connectivity index (χ3n) is 3.70. The van der Waals surface area contributed by atoms with Crippen molar-refractivity contribution in [3.05, 3.63) is 0 Å². The second-order valence-electron chi connectivity index (χ2n) is 6.14. The molecule has 3 atom stereocenters. The van der Waals surface area contributed by atoms with Crippen LogP contribution in [0.1, 0.15) is 34.1 Å². The Bertz CT molecular complexity index is 402. The molecule has 0 heterocycles. The zero-order chi connectivity index (χ0) is 15.0. The Morgan fingerprint density at radius 2 is 1.68 bits per heavy atom. The quantitative estimate of drug-likeness (QED) is 0.667. The molecular weight excluding hydrogens is 250 g/mol. The summed E-state index contributed by atoms with van der Waals surface area (Å²) in [7, 11) is 0. The van der Waals surface area contributed by atoms with Crippen LogP contribution in [0.3, 0.4) is 0 Å². The molecule has 0 spiro atoms. The van der Waals surface area contributed by atoms with Crippen LogP contribution in [0.4, 0.5) is 0 Å². The average Bonchev–Trinajstić information content (AvgIpc) is 2.79. The van der Waals surface area contributed by atoms with Gasteiger partial charge in [-0.05, 0) is 17.8 Å². The molecule has 0 unspecified atom stereocenters. The first-order chi connectivity index (χ1) is 8.59. The summed E-state index contributed by atoms with van der Waals surface area (Å²) in [5, 5.41) is 20.5. The van der Waals surface area contributed by atoms with Gasteiger partial charge in [0.1, 0.15) is 6.04 Å². The van der Waals surface area contributed by atoms with Gasteiger partial charge in [0, 0.05) is 0 Å². The molecular formula is C13H21NO5. The van der Waals surface area contributed by atoms with Crippen molar-refractivity contribution >= 4 is 17.8 Å². The van der Waals surface area contributed by atoms with Crippen molar-refractivity contribution < 1.29 is 24.6 Å². The van der Waals surface area contributed by atoms with E-state index in [1.54, 1.807) is 13.8 Å². The van der Waals surface area contributed by atoms with E-state index < -0.39 is 41.1 Å². The van der Waals surface area contributed by atoms with E-state index in [0.717, 1.165) is 0 Å². The second-order valence-corrected chi connectivity index (χ2v) is 6.14. The predicted molar refractivity (Wildman–Crippen MR) is 67.4 cm³/mol. The third kappa shape index (κ3) is 3.24. The van der Waals surface area contributed by atoms with Gasteiger partial charge in [-0.25, -0.2) is 4.79 Å². The molecule has 1 aliphatic carbocycles. The van der Waals surface area contributed by atoms with Gasteiger partial charge in [-0.15, -0.1) is 0 Å². The van der Waals surface area contributed by atoms with E-state index in [2.05, 4.69) is 5.32 Å². The van der Waals surface area contributed by atoms with Crippen LogP contribution in [0.2, 0.25) is 0 Å². The summed E-state index contributed by atoms with van der Waals surface area (Å²) in [5.74, 6) is -3.84. The first kappa shape index (κ1) is 15.5. The van der Waals surface area contributed by atoms with Crippen molar-refractivity contribution in [2.75, 3.05) is 0 Å². The maximum absolute atomic E-state index is 12.0. The number of carboxylic acid groups (broad SMARTS) is 2. The summed E-state index contributed by atoms with van der Waals surface area (Å²) >= 11 is 0. The minimum Gasteiger partial charge on any atom is -0.481 e. The number of amides is 1. The van der Waals surface area contributed by atoms with E-state index >= 15 is 0 Å². The minimum absolute atomic E-state index is 0.129. The molecule has 0 saturated heterocycles. The lowest BCUT2D eigenvalue weighted by molar-refractivity contribution is -0.143. The lowest BCUT2D eigenvalue weighted by Gasteiger charge is -2.16. The van der Waals surface area contributed by atoms with Crippen molar-refractivity contribution in [3.8, 4) is 0 Å². The summed E-state index contributed by atoms with van der Waals surface area (Å²) in [4.78, 5) is 34.0. The van der Waals surface area contributed by atoms with Gasteiger partial charge < -0.3 is 15.5 Å². The Hall–Kier alpha value is -1.59. The molecule has 108 valence electrons. The number of aliphatic carboxylic acids is 2. The van der Waals surface area contributed by atoms with E-state index in [-0.39, 0.29) is 5.92 Å². The molecule has 1 fully saturated rings. The van der Waals surface area contributed by atoms with E-state index in [9.17, 15) is 14.4 Å². The topological polar surface area (TPSA) is 104 Å². The van der Waals surface area contributed by atoms with Gasteiger partial charge in [0.2, 0.25) is 5.91 Å². The van der Waals surface area contributed by atoms with Crippen LogP contribution in [0.5, 0.6) is 0 Å². The van der Waals surface area contributed by atoms with Gasteiger partial charge in [0.15, 0.2) is 0 Å². The first-order valence-corrected chi connectivity index (χ1v) is 6.35. The smallest absolute Gasteiger partial charge is 0.326 e. The van der Waals surface area contributed by atoms with Crippen LogP contribution >= 0.6 is 0 Å². The fraction of sp³-hybridized carbons (Fsp3) is 0.769. The average molecular weight is 271 g/mol. The molecule has 0 aliphatic heterocycles. The molecule has 0 radical (unpaired) electrons. The molecule has 1 saturated carbocycles. The van der Waals surface area contributed by atoms with Gasteiger partial charge in [-0.2, -0.15) is 0 Å². The van der Waals surface area contributed by atoms with Crippen LogP contribution < -0.4 is 5.32 Å². The molecule has 19 heavy (non-hydrogen) atoms. The molecule has 0 aromatic carbocycles. The molecule has 0 bridgehead atoms. The minimum atomic E-state index is -1.09. The number of carbonyl (C=O) groups excluding carboxylic acids is 1. The van der Waals surface area contributed by atoms with E-state index in [0.29, 0.717) is 6.42 Å². The first-order valence-electron chi connectivity index (χ1n) is 6.35. The number of rotatable bonds is 6. The third-order valence-corrected chi connectivity index (χ3v) is 3.70. The largest absolute Gasteiger partial charge is 0.481 e. The molecule has 1 rings (SSSR count). The predicted octanol–water partition coefficient (Wildman–Crippen LogP) is 0.959. The molecule has 0 aromatic rings. The van der Waals surface area contributed by atoms with Crippen LogP contribution in [-0.2, 0) is 14.4 Å². The summed E-state index contributed by atoms with van der Waals surface area (Å²) in [6, 6.07) is -0.960. The van der Waals surface area contributed by atoms with Crippen molar-refractivity contribution in [3.63, 3.8) is 0 Å². The number of hydrogen-bond acceptors (Lipinski definition) is 3. The van der Waals surface area contributed by atoms with E-state index in [4.69, 9.17) is 10.2 Å². The van der Waals surface area contributed by atoms with Gasteiger partial charge in [0.05, 0.1) is 11.8 Å². The molecule has 6 heteroatoms. The molecule has 6 nitrogen and oxygen atoms in total. The van der Waals surface area contributed by atoms with Crippen molar-refractivity contribution in [2.24, 2.45) is 23.2 Å². The number of nitrogens with one attached hydrogen (secondary N) is 1. The molecule has 0 aromatic heterocycles. The maximum Gasteiger partial charge on any atom is 0.326 e. The fourth-order valence-electron chi connectivity index (χ4n) is 2.54. The normalized spacial score (nSPS) is 25.7. The SMILES string of the molecule is CC(C)C[C@@H](NC(=O)[C@@H]1[C@H](C(=O)O)C1(C)C)C(=O)O. The lowest BCUT2D eigenvalue weighted by Crippen LogP contribution is -2.43. The second kappa shape index (κ2) is 5.19. The molecule has 1 aliphatic rings. The number of carbonyl (C=O) groups is 3. The Balaban J connectivity index is 2.69. The Labute approximate surface area is 112 Å². The highest BCUT2D eigenvalue weighted by Gasteiger charge is 2.66. The highest BCUT2D eigenvalue weighted by Crippen LogP contribution is 2.58. The van der Waals surface area contributed by atoms with Gasteiger partial charge in [0.25, 0.3) is 0 Å². The summed E-state index contributed by atoms with van der Waals surface area (Å²) in [5.41, 5.74) is -0.614. The van der Waals surface area contributed by atoms with Crippen LogP contribution in [0.25, 0.3) is 0 Å². The van der Waals surface area contributed by atoms with E-state index in [1.165, 1.54) is 0 Å². The van der Waals surface area contributed by atoms with Gasteiger partial charge in [-0.3, -0.25) is 9.59 Å². The number of hydrogen-bond donors (Lipinski definition) is 3. The van der Waals surface area contributed by atoms with Crippen LogP contribution in [-0.4, -0.2) is 34.1 Å². The fourth-order valence-corrected chi connectivity index (χ4v) is 2.54. The zero-order valence-corrected chi connectivity index (χ0v) is 11.6. The number of carboxylic acids is 2. The summed E-state index contributed by atoms with van der Waals surface area (Å²) in [6.07, 6.45) is 0.325. The molecule has 3 N–H and O–H groups in total. The van der Waals surface area contributed by atoms with Gasteiger partial charge >= 0.3 is 11.9 Å². The van der Waals surface area contributed by atoms with Crippen molar-refractivity contribution in [1.29, 1.82) is 0 Å². The summed E-state index contributed by atoms with van der Waals surface area (Å²) in [6.45, 7) is 7.13. The van der Waals surface area contributed by atoms with Crippen LogP contribution in [0.15, 0.2) is 0 Å². The van der Waals surface area contributed by atoms with Crippen molar-refractivity contribution in [1.82, 2.24) is 5.32 Å². The van der Waals surface area contributed by atoms with E-state index in [1.807, 2.05) is 13.8 Å². The van der Waals surface area contributed by atoms with Crippen molar-refractivity contribution in [2.45, 2.75) is 40.2 Å². The van der Waals surface area contributed by atoms with Gasteiger partial charge in [-0.1, -0.05) is 27.7 Å². The highest BCUT2D eigenvalue weighted by atomic mass is 16.4. The zero-order valence-electron chi connectivity index (χ0n) is 11.6. The Kier molecular flexibility index (Phi) is 4.22. The monoisotopic (exact) mass is 271 g/mol. The Morgan fingerprint density at radius 3 is 2.00 bits per heavy atom. The molecule has 1 amide bonds. The Morgan fingerprint density at radius 1 is 1.16 bits per heavy atom. The van der Waals surface area contributed by atoms with Crippen LogP contribution in [0, 0.1) is 23.2 Å². The lowest BCUT2D eigenvalue weighted by atomic mass is 10.0. The standard InChI is InChI=1S/C13H21NO5/c1-6(2)5-7(11(16)17)14-10(15)8-9(12(18)19)13(8,3)4/h6-9H,5H2,1-4H3,(H,14,15)(H,16,17)(H,18,19)/t7-,8+,9-/m1/s1. The summed E-state index contributed by atoms with van der Waals surface area (Å²) < 4.78 is 0. The maximum atomic E-state index is 12.0. The highest BCUT2D eigenvalue weighted by molar-refractivity contribution is 5.93.